The van der Waals surface area contributed by atoms with E-state index in [0.717, 1.165) is 29.5 Å². The van der Waals surface area contributed by atoms with Gasteiger partial charge in [0.1, 0.15) is 11.3 Å². The van der Waals surface area contributed by atoms with E-state index in [1.807, 2.05) is 23.1 Å². The molecule has 3 rings (SSSR count). The minimum atomic E-state index is -0.0187. The average molecular weight is 330 g/mol. The Bertz CT molecular complexity index is 745. The lowest BCUT2D eigenvalue weighted by Crippen LogP contribution is -2.46. The van der Waals surface area contributed by atoms with Crippen LogP contribution in [-0.4, -0.2) is 43.0 Å². The fourth-order valence-electron chi connectivity index (χ4n) is 3.12. The van der Waals surface area contributed by atoms with Gasteiger partial charge in [0.2, 0.25) is 11.8 Å². The van der Waals surface area contributed by atoms with E-state index in [0.29, 0.717) is 18.7 Å². The zero-order valence-electron chi connectivity index (χ0n) is 14.0. The van der Waals surface area contributed by atoms with Gasteiger partial charge in [-0.1, -0.05) is 0 Å². The number of nitrogens with one attached hydrogen (secondary N) is 1. The summed E-state index contributed by atoms with van der Waals surface area (Å²) in [5, 5.41) is 3.99. The second-order valence-electron chi connectivity index (χ2n) is 6.15. The average Bonchev–Trinajstić information content (AvgIpc) is 2.97. The van der Waals surface area contributed by atoms with Crippen LogP contribution in [0.2, 0.25) is 0 Å². The van der Waals surface area contributed by atoms with Crippen LogP contribution in [0.3, 0.4) is 0 Å². The summed E-state index contributed by atoms with van der Waals surface area (Å²) < 4.78 is 10.7. The number of carbonyl (C=O) groups is 2. The molecule has 0 spiro atoms. The molecule has 1 fully saturated rings. The fraction of sp³-hybridized carbons (Fsp3) is 0.444. The third kappa shape index (κ3) is 3.53. The lowest BCUT2D eigenvalue weighted by atomic mass is 10.0. The Balaban J connectivity index is 1.58. The summed E-state index contributed by atoms with van der Waals surface area (Å²) in [6.07, 6.45) is 3.51. The highest BCUT2D eigenvalue weighted by Crippen LogP contribution is 2.26. The maximum Gasteiger partial charge on any atom is 0.224 e. The van der Waals surface area contributed by atoms with Crippen molar-refractivity contribution in [3.63, 3.8) is 0 Å². The van der Waals surface area contributed by atoms with E-state index >= 15 is 0 Å². The number of nitrogens with zero attached hydrogens (tertiary/aromatic N) is 1. The molecule has 1 aliphatic heterocycles. The molecule has 0 unspecified atom stereocenters. The van der Waals surface area contributed by atoms with Gasteiger partial charge in [0.05, 0.1) is 19.8 Å². The van der Waals surface area contributed by atoms with Crippen LogP contribution in [0.25, 0.3) is 11.0 Å². The topological polar surface area (TPSA) is 71.8 Å². The number of fused-ring (bicyclic) bond motifs is 1. The van der Waals surface area contributed by atoms with Crippen LogP contribution in [0.5, 0.6) is 5.75 Å². The quantitative estimate of drug-likeness (QED) is 0.932. The number of ether oxygens (including phenoxy) is 1. The molecule has 1 aliphatic rings. The van der Waals surface area contributed by atoms with Crippen molar-refractivity contribution in [1.82, 2.24) is 10.2 Å². The van der Waals surface area contributed by atoms with E-state index in [1.165, 1.54) is 0 Å². The zero-order valence-corrected chi connectivity index (χ0v) is 14.0. The molecule has 0 bridgehead atoms. The van der Waals surface area contributed by atoms with Crippen molar-refractivity contribution in [2.45, 2.75) is 32.2 Å². The van der Waals surface area contributed by atoms with Crippen molar-refractivity contribution >= 4 is 22.8 Å². The summed E-state index contributed by atoms with van der Waals surface area (Å²) in [5.41, 5.74) is 1.58. The molecule has 2 aromatic rings. The molecule has 6 nitrogen and oxygen atoms in total. The van der Waals surface area contributed by atoms with Gasteiger partial charge >= 0.3 is 0 Å². The van der Waals surface area contributed by atoms with Gasteiger partial charge in [-0.3, -0.25) is 9.59 Å². The second kappa shape index (κ2) is 6.95. The molecule has 1 N–H and O–H groups in total. The molecule has 2 amide bonds. The highest BCUT2D eigenvalue weighted by atomic mass is 16.5. The number of hydrogen-bond donors (Lipinski definition) is 1. The van der Waals surface area contributed by atoms with E-state index in [4.69, 9.17) is 9.15 Å². The molecule has 128 valence electrons. The molecule has 0 radical (unpaired) electrons. The normalized spacial score (nSPS) is 15.5. The number of rotatable bonds is 4. The van der Waals surface area contributed by atoms with E-state index < -0.39 is 0 Å². The summed E-state index contributed by atoms with van der Waals surface area (Å²) in [7, 11) is 1.61. The number of benzene rings is 1. The molecule has 24 heavy (non-hydrogen) atoms. The predicted molar refractivity (Wildman–Crippen MR) is 89.9 cm³/mol. The largest absolute Gasteiger partial charge is 0.497 e. The van der Waals surface area contributed by atoms with Crippen molar-refractivity contribution in [3.05, 3.63) is 30.0 Å². The van der Waals surface area contributed by atoms with Crippen LogP contribution in [0.1, 0.15) is 25.3 Å². The molecule has 0 saturated carbocycles. The van der Waals surface area contributed by atoms with E-state index in [-0.39, 0.29) is 24.3 Å². The van der Waals surface area contributed by atoms with Gasteiger partial charge in [0, 0.05) is 43.1 Å². The fourth-order valence-corrected chi connectivity index (χ4v) is 3.12. The maximum absolute atomic E-state index is 12.3. The van der Waals surface area contributed by atoms with Crippen molar-refractivity contribution in [1.29, 1.82) is 0 Å². The Kier molecular flexibility index (Phi) is 4.74. The number of methoxy groups -OCH3 is 1. The summed E-state index contributed by atoms with van der Waals surface area (Å²) in [4.78, 5) is 25.5. The summed E-state index contributed by atoms with van der Waals surface area (Å²) in [5.74, 6) is 0.806. The third-order valence-corrected chi connectivity index (χ3v) is 4.52. The first-order valence-electron chi connectivity index (χ1n) is 8.16. The van der Waals surface area contributed by atoms with Crippen LogP contribution >= 0.6 is 0 Å². The van der Waals surface area contributed by atoms with Gasteiger partial charge in [-0.25, -0.2) is 0 Å². The molecular formula is C18H22N2O4. The Morgan fingerprint density at radius 2 is 2.08 bits per heavy atom. The summed E-state index contributed by atoms with van der Waals surface area (Å²) >= 11 is 0. The van der Waals surface area contributed by atoms with E-state index in [1.54, 1.807) is 20.3 Å². The van der Waals surface area contributed by atoms with Gasteiger partial charge in [0.15, 0.2) is 0 Å². The maximum atomic E-state index is 12.3. The number of hydrogen-bond acceptors (Lipinski definition) is 4. The Morgan fingerprint density at radius 1 is 1.33 bits per heavy atom. The first-order chi connectivity index (χ1) is 11.6. The van der Waals surface area contributed by atoms with E-state index in [2.05, 4.69) is 5.32 Å². The van der Waals surface area contributed by atoms with Crippen molar-refractivity contribution in [3.8, 4) is 5.75 Å². The molecule has 2 heterocycles. The molecular weight excluding hydrogens is 308 g/mol. The Hall–Kier alpha value is -2.50. The monoisotopic (exact) mass is 330 g/mol. The van der Waals surface area contributed by atoms with Gasteiger partial charge in [0.25, 0.3) is 0 Å². The molecule has 1 saturated heterocycles. The van der Waals surface area contributed by atoms with Crippen LogP contribution < -0.4 is 10.1 Å². The Morgan fingerprint density at radius 3 is 2.75 bits per heavy atom. The van der Waals surface area contributed by atoms with Crippen LogP contribution in [0, 0.1) is 0 Å². The minimum absolute atomic E-state index is 0.0187. The number of carbonyl (C=O) groups excluding carboxylic acids is 2. The minimum Gasteiger partial charge on any atom is -0.497 e. The standard InChI is InChI=1S/C18H22N2O4/c1-12(21)20-7-5-14(6-8-20)19-18(22)9-13-11-24-17-10-15(23-2)3-4-16(13)17/h3-4,10-11,14H,5-9H2,1-2H3,(H,19,22). The van der Waals surface area contributed by atoms with Crippen LogP contribution in [0.15, 0.2) is 28.9 Å². The van der Waals surface area contributed by atoms with Crippen molar-refractivity contribution in [2.75, 3.05) is 20.2 Å². The summed E-state index contributed by atoms with van der Waals surface area (Å²) in [6.45, 7) is 2.99. The number of piperidine rings is 1. The molecule has 0 atom stereocenters. The lowest BCUT2D eigenvalue weighted by molar-refractivity contribution is -0.130. The molecule has 0 aliphatic carbocycles. The Labute approximate surface area is 140 Å². The first kappa shape index (κ1) is 16.4. The number of amides is 2. The predicted octanol–water partition coefficient (Wildman–Crippen LogP) is 2.11. The lowest BCUT2D eigenvalue weighted by Gasteiger charge is -2.31. The highest BCUT2D eigenvalue weighted by Gasteiger charge is 2.22. The molecule has 1 aromatic heterocycles. The van der Waals surface area contributed by atoms with Gasteiger partial charge in [-0.15, -0.1) is 0 Å². The smallest absolute Gasteiger partial charge is 0.224 e. The SMILES string of the molecule is COc1ccc2c(CC(=O)NC3CCN(C(C)=O)CC3)coc2c1. The van der Waals surface area contributed by atoms with Crippen LogP contribution in [0.4, 0.5) is 0 Å². The highest BCUT2D eigenvalue weighted by molar-refractivity contribution is 5.88. The second-order valence-corrected chi connectivity index (χ2v) is 6.15. The first-order valence-corrected chi connectivity index (χ1v) is 8.16. The van der Waals surface area contributed by atoms with Gasteiger partial charge in [-0.05, 0) is 25.0 Å². The molecule has 1 aromatic carbocycles. The number of furan rings is 1. The third-order valence-electron chi connectivity index (χ3n) is 4.52. The van der Waals surface area contributed by atoms with Crippen molar-refractivity contribution in [2.24, 2.45) is 0 Å². The van der Waals surface area contributed by atoms with E-state index in [9.17, 15) is 9.59 Å². The van der Waals surface area contributed by atoms with Gasteiger partial charge < -0.3 is 19.4 Å². The van der Waals surface area contributed by atoms with Crippen molar-refractivity contribution < 1.29 is 18.7 Å². The molecule has 6 heteroatoms. The zero-order chi connectivity index (χ0) is 17.1. The number of likely N-dealkylation sites (tertiary alicyclic amines) is 1. The van der Waals surface area contributed by atoms with Crippen LogP contribution in [-0.2, 0) is 16.0 Å². The van der Waals surface area contributed by atoms with Gasteiger partial charge in [-0.2, -0.15) is 0 Å². The summed E-state index contributed by atoms with van der Waals surface area (Å²) in [6, 6.07) is 5.71.